The number of benzene rings is 2. The lowest BCUT2D eigenvalue weighted by Gasteiger charge is -2.23. The van der Waals surface area contributed by atoms with Crippen LogP contribution in [0.2, 0.25) is 0 Å². The average molecular weight is 393 g/mol. The minimum absolute atomic E-state index is 0.00656. The summed E-state index contributed by atoms with van der Waals surface area (Å²) in [5, 5.41) is 10.3. The molecule has 1 unspecified atom stereocenters. The molecule has 0 bridgehead atoms. The van der Waals surface area contributed by atoms with Gasteiger partial charge in [0.2, 0.25) is 0 Å². The van der Waals surface area contributed by atoms with Crippen molar-refractivity contribution in [3.63, 3.8) is 0 Å². The smallest absolute Gasteiger partial charge is 0.149 e. The van der Waals surface area contributed by atoms with Gasteiger partial charge in [0.25, 0.3) is 0 Å². The predicted octanol–water partition coefficient (Wildman–Crippen LogP) is 4.30. The fourth-order valence-corrected chi connectivity index (χ4v) is 4.20. The van der Waals surface area contributed by atoms with Crippen molar-refractivity contribution in [2.75, 3.05) is 25.0 Å². The molecule has 2 heterocycles. The van der Waals surface area contributed by atoms with E-state index in [1.165, 1.54) is 11.1 Å². The maximum atomic E-state index is 14.7. The zero-order chi connectivity index (χ0) is 20.4. The van der Waals surface area contributed by atoms with Gasteiger partial charge in [0, 0.05) is 24.4 Å². The number of rotatable bonds is 3. The van der Waals surface area contributed by atoms with Crippen molar-refractivity contribution in [1.82, 2.24) is 10.6 Å². The number of anilines is 1. The second-order valence-electron chi connectivity index (χ2n) is 7.89. The summed E-state index contributed by atoms with van der Waals surface area (Å²) in [6, 6.07) is 12.1. The third kappa shape index (κ3) is 4.01. The lowest BCUT2D eigenvalue weighted by molar-refractivity contribution is 0.611. The maximum absolute atomic E-state index is 14.7. The van der Waals surface area contributed by atoms with E-state index in [9.17, 15) is 4.39 Å². The van der Waals surface area contributed by atoms with Crippen molar-refractivity contribution < 1.29 is 4.39 Å². The monoisotopic (exact) mass is 392 g/mol. The SMILES string of the molecule is C/C(N)=C1/NCCC(Nc2cccc(C)c2F)c2cc(C3=CCNCC3)ccc21. The summed E-state index contributed by atoms with van der Waals surface area (Å²) in [6.45, 7) is 6.38. The Morgan fingerprint density at radius 1 is 1.21 bits per heavy atom. The summed E-state index contributed by atoms with van der Waals surface area (Å²) < 4.78 is 14.7. The Hall–Kier alpha value is -2.79. The Bertz CT molecular complexity index is 973. The molecule has 29 heavy (non-hydrogen) atoms. The molecule has 4 nitrogen and oxygen atoms in total. The quantitative estimate of drug-likeness (QED) is 0.629. The molecule has 0 radical (unpaired) electrons. The predicted molar refractivity (Wildman–Crippen MR) is 119 cm³/mol. The van der Waals surface area contributed by atoms with Crippen molar-refractivity contribution in [3.05, 3.63) is 76.2 Å². The van der Waals surface area contributed by atoms with Crippen LogP contribution >= 0.6 is 0 Å². The summed E-state index contributed by atoms with van der Waals surface area (Å²) in [4.78, 5) is 0. The third-order valence-electron chi connectivity index (χ3n) is 5.78. The van der Waals surface area contributed by atoms with Crippen molar-refractivity contribution >= 4 is 17.0 Å². The van der Waals surface area contributed by atoms with E-state index in [2.05, 4.69) is 40.2 Å². The molecule has 2 aliphatic heterocycles. The largest absolute Gasteiger partial charge is 0.401 e. The highest BCUT2D eigenvalue weighted by Crippen LogP contribution is 2.35. The fourth-order valence-electron chi connectivity index (χ4n) is 4.20. The Morgan fingerprint density at radius 3 is 2.83 bits per heavy atom. The van der Waals surface area contributed by atoms with Gasteiger partial charge < -0.3 is 21.7 Å². The van der Waals surface area contributed by atoms with Gasteiger partial charge in [-0.15, -0.1) is 0 Å². The van der Waals surface area contributed by atoms with E-state index in [0.717, 1.165) is 55.0 Å². The highest BCUT2D eigenvalue weighted by Gasteiger charge is 2.24. The zero-order valence-electron chi connectivity index (χ0n) is 17.1. The van der Waals surface area contributed by atoms with Crippen LogP contribution in [0.1, 0.15) is 48.1 Å². The number of nitrogens with two attached hydrogens (primary N) is 1. The van der Waals surface area contributed by atoms with Crippen LogP contribution in [-0.4, -0.2) is 19.6 Å². The van der Waals surface area contributed by atoms with Crippen LogP contribution in [0.4, 0.5) is 10.1 Å². The van der Waals surface area contributed by atoms with Crippen LogP contribution in [0.5, 0.6) is 0 Å². The molecule has 0 spiro atoms. The zero-order valence-corrected chi connectivity index (χ0v) is 17.1. The van der Waals surface area contributed by atoms with Crippen molar-refractivity contribution in [2.45, 2.75) is 32.7 Å². The Balaban J connectivity index is 1.79. The van der Waals surface area contributed by atoms with Crippen LogP contribution in [0.15, 0.2) is 48.2 Å². The average Bonchev–Trinajstić information content (AvgIpc) is 2.91. The topological polar surface area (TPSA) is 62.1 Å². The molecule has 0 amide bonds. The number of fused-ring (bicyclic) bond motifs is 1. The number of hydrogen-bond acceptors (Lipinski definition) is 4. The number of hydrogen-bond donors (Lipinski definition) is 4. The highest BCUT2D eigenvalue weighted by atomic mass is 19.1. The van der Waals surface area contributed by atoms with Gasteiger partial charge in [0.05, 0.1) is 17.4 Å². The second kappa shape index (κ2) is 8.29. The number of halogens is 1. The van der Waals surface area contributed by atoms with Crippen LogP contribution in [0.25, 0.3) is 11.3 Å². The maximum Gasteiger partial charge on any atom is 0.149 e. The molecular weight excluding hydrogens is 363 g/mol. The molecule has 0 aliphatic carbocycles. The summed E-state index contributed by atoms with van der Waals surface area (Å²) in [5.74, 6) is -0.186. The van der Waals surface area contributed by atoms with Crippen LogP contribution in [0.3, 0.4) is 0 Å². The second-order valence-corrected chi connectivity index (χ2v) is 7.89. The Kier molecular flexibility index (Phi) is 5.58. The van der Waals surface area contributed by atoms with E-state index in [4.69, 9.17) is 5.73 Å². The van der Waals surface area contributed by atoms with Gasteiger partial charge in [-0.05, 0) is 67.6 Å². The first-order chi connectivity index (χ1) is 14.0. The molecule has 0 saturated heterocycles. The lowest BCUT2D eigenvalue weighted by atomic mass is 9.91. The molecule has 5 N–H and O–H groups in total. The fraction of sp³-hybridized carbons (Fsp3) is 0.333. The lowest BCUT2D eigenvalue weighted by Crippen LogP contribution is -2.20. The standard InChI is InChI=1S/C24H29FN4/c1-15-4-3-5-22(23(15)25)29-21-10-13-28-24(16(2)26)19-7-6-18(14-20(19)21)17-8-11-27-12-9-17/h3-8,14,21,27-29H,9-13,26H2,1-2H3/b24-16-. The molecule has 0 aromatic heterocycles. The molecule has 5 heteroatoms. The first kappa shape index (κ1) is 19.5. The molecule has 2 aromatic rings. The van der Waals surface area contributed by atoms with Crippen molar-refractivity contribution in [2.24, 2.45) is 5.73 Å². The van der Waals surface area contributed by atoms with E-state index in [-0.39, 0.29) is 11.9 Å². The number of allylic oxidation sites excluding steroid dienone is 1. The van der Waals surface area contributed by atoms with E-state index >= 15 is 0 Å². The van der Waals surface area contributed by atoms with Gasteiger partial charge in [-0.1, -0.05) is 30.3 Å². The van der Waals surface area contributed by atoms with Gasteiger partial charge in [0.1, 0.15) is 5.82 Å². The summed E-state index contributed by atoms with van der Waals surface area (Å²) in [5.41, 5.74) is 14.0. The molecule has 0 fully saturated rings. The molecule has 0 saturated carbocycles. The minimum atomic E-state index is -0.186. The summed E-state index contributed by atoms with van der Waals surface area (Å²) in [6.07, 6.45) is 4.11. The number of aryl methyl sites for hydroxylation is 1. The normalized spacial score (nSPS) is 20.8. The highest BCUT2D eigenvalue weighted by molar-refractivity contribution is 5.75. The summed E-state index contributed by atoms with van der Waals surface area (Å²) >= 11 is 0. The van der Waals surface area contributed by atoms with E-state index in [0.29, 0.717) is 11.3 Å². The minimum Gasteiger partial charge on any atom is -0.401 e. The first-order valence-corrected chi connectivity index (χ1v) is 10.3. The van der Waals surface area contributed by atoms with Gasteiger partial charge in [-0.3, -0.25) is 0 Å². The van der Waals surface area contributed by atoms with Gasteiger partial charge >= 0.3 is 0 Å². The van der Waals surface area contributed by atoms with Crippen LogP contribution in [-0.2, 0) is 0 Å². The molecular formula is C24H29FN4. The number of nitrogens with one attached hydrogen (secondary N) is 3. The van der Waals surface area contributed by atoms with E-state index < -0.39 is 0 Å². The van der Waals surface area contributed by atoms with Crippen molar-refractivity contribution in [1.29, 1.82) is 0 Å². The van der Waals surface area contributed by atoms with E-state index in [1.807, 2.05) is 19.1 Å². The molecule has 2 aliphatic rings. The molecule has 2 aromatic carbocycles. The van der Waals surface area contributed by atoms with Crippen LogP contribution in [0, 0.1) is 12.7 Å². The summed E-state index contributed by atoms with van der Waals surface area (Å²) in [7, 11) is 0. The molecule has 1 atom stereocenters. The van der Waals surface area contributed by atoms with Gasteiger partial charge in [0.15, 0.2) is 0 Å². The van der Waals surface area contributed by atoms with Gasteiger partial charge in [-0.25, -0.2) is 4.39 Å². The Morgan fingerprint density at radius 2 is 2.07 bits per heavy atom. The molecule has 152 valence electrons. The molecule has 4 rings (SSSR count). The van der Waals surface area contributed by atoms with E-state index in [1.54, 1.807) is 13.0 Å². The van der Waals surface area contributed by atoms with Crippen molar-refractivity contribution in [3.8, 4) is 0 Å². The van der Waals surface area contributed by atoms with Crippen LogP contribution < -0.4 is 21.7 Å². The van der Waals surface area contributed by atoms with Gasteiger partial charge in [-0.2, -0.15) is 0 Å². The first-order valence-electron chi connectivity index (χ1n) is 10.3. The third-order valence-corrected chi connectivity index (χ3v) is 5.78. The Labute approximate surface area is 172 Å².